The SMILES string of the molecule is CN(CCC1CC1)c1cc(N2CCCC2CO)ncn1. The second-order valence-electron chi connectivity index (χ2n) is 6.06. The van der Waals surface area contributed by atoms with Crippen LogP contribution in [0, 0.1) is 5.92 Å². The molecule has 0 radical (unpaired) electrons. The van der Waals surface area contributed by atoms with Crippen LogP contribution in [0.15, 0.2) is 12.4 Å². The summed E-state index contributed by atoms with van der Waals surface area (Å²) in [5.41, 5.74) is 0. The summed E-state index contributed by atoms with van der Waals surface area (Å²) < 4.78 is 0. The van der Waals surface area contributed by atoms with Crippen LogP contribution in [-0.2, 0) is 0 Å². The maximum atomic E-state index is 9.43. The normalized spacial score (nSPS) is 22.3. The predicted molar refractivity (Wildman–Crippen MR) is 80.1 cm³/mol. The van der Waals surface area contributed by atoms with Gasteiger partial charge in [0.1, 0.15) is 18.0 Å². The van der Waals surface area contributed by atoms with Crippen molar-refractivity contribution in [3.8, 4) is 0 Å². The fraction of sp³-hybridized carbons (Fsp3) is 0.733. The lowest BCUT2D eigenvalue weighted by Gasteiger charge is -2.25. The highest BCUT2D eigenvalue weighted by atomic mass is 16.3. The zero-order valence-electron chi connectivity index (χ0n) is 12.2. The van der Waals surface area contributed by atoms with E-state index >= 15 is 0 Å². The Hall–Kier alpha value is -1.36. The molecule has 2 heterocycles. The summed E-state index contributed by atoms with van der Waals surface area (Å²) in [5, 5.41) is 9.43. The number of aromatic nitrogens is 2. The molecule has 2 fully saturated rings. The van der Waals surface area contributed by atoms with Gasteiger partial charge in [-0.25, -0.2) is 9.97 Å². The molecular weight excluding hydrogens is 252 g/mol. The van der Waals surface area contributed by atoms with Crippen LogP contribution in [0.3, 0.4) is 0 Å². The zero-order chi connectivity index (χ0) is 13.9. The molecule has 1 aromatic heterocycles. The van der Waals surface area contributed by atoms with Crippen molar-refractivity contribution in [1.82, 2.24) is 9.97 Å². The van der Waals surface area contributed by atoms with Crippen molar-refractivity contribution in [2.24, 2.45) is 5.92 Å². The predicted octanol–water partition coefficient (Wildman–Crippen LogP) is 1.67. The van der Waals surface area contributed by atoms with E-state index in [1.165, 1.54) is 19.3 Å². The van der Waals surface area contributed by atoms with Crippen molar-refractivity contribution in [2.45, 2.75) is 38.1 Å². The van der Waals surface area contributed by atoms with E-state index in [2.05, 4.69) is 32.9 Å². The molecular formula is C15H24N4O. The van der Waals surface area contributed by atoms with Crippen molar-refractivity contribution < 1.29 is 5.11 Å². The Balaban J connectivity index is 1.67. The summed E-state index contributed by atoms with van der Waals surface area (Å²) >= 11 is 0. The molecule has 3 rings (SSSR count). The van der Waals surface area contributed by atoms with Crippen molar-refractivity contribution in [2.75, 3.05) is 36.5 Å². The second kappa shape index (κ2) is 5.95. The molecule has 1 atom stereocenters. The first-order chi connectivity index (χ1) is 9.78. The van der Waals surface area contributed by atoms with Crippen molar-refractivity contribution >= 4 is 11.6 Å². The Kier molecular flexibility index (Phi) is 4.05. The van der Waals surface area contributed by atoms with Gasteiger partial charge in [-0.1, -0.05) is 12.8 Å². The van der Waals surface area contributed by atoms with Gasteiger partial charge in [0.15, 0.2) is 0 Å². The smallest absolute Gasteiger partial charge is 0.134 e. The molecule has 0 spiro atoms. The van der Waals surface area contributed by atoms with Crippen LogP contribution in [0.1, 0.15) is 32.1 Å². The highest BCUT2D eigenvalue weighted by Gasteiger charge is 2.25. The molecule has 5 heteroatoms. The molecule has 1 saturated carbocycles. The Bertz CT molecular complexity index is 449. The topological polar surface area (TPSA) is 52.5 Å². The first-order valence-corrected chi connectivity index (χ1v) is 7.68. The van der Waals surface area contributed by atoms with E-state index in [0.717, 1.165) is 43.5 Å². The number of hydrogen-bond acceptors (Lipinski definition) is 5. The number of nitrogens with zero attached hydrogens (tertiary/aromatic N) is 4. The Labute approximate surface area is 120 Å². The van der Waals surface area contributed by atoms with Crippen LogP contribution in [0.5, 0.6) is 0 Å². The summed E-state index contributed by atoms with van der Waals surface area (Å²) in [4.78, 5) is 13.2. The molecule has 20 heavy (non-hydrogen) atoms. The van der Waals surface area contributed by atoms with Gasteiger partial charge in [-0.2, -0.15) is 0 Å². The lowest BCUT2D eigenvalue weighted by atomic mass is 10.2. The fourth-order valence-electron chi connectivity index (χ4n) is 2.93. The highest BCUT2D eigenvalue weighted by molar-refractivity contribution is 5.51. The van der Waals surface area contributed by atoms with E-state index in [4.69, 9.17) is 0 Å². The third kappa shape index (κ3) is 3.03. The molecule has 110 valence electrons. The van der Waals surface area contributed by atoms with Gasteiger partial charge in [-0.15, -0.1) is 0 Å². The summed E-state index contributed by atoms with van der Waals surface area (Å²) in [5.74, 6) is 2.88. The molecule has 5 nitrogen and oxygen atoms in total. The third-order valence-electron chi connectivity index (χ3n) is 4.48. The minimum Gasteiger partial charge on any atom is -0.394 e. The van der Waals surface area contributed by atoms with Gasteiger partial charge >= 0.3 is 0 Å². The molecule has 1 N–H and O–H groups in total. The maximum Gasteiger partial charge on any atom is 0.134 e. The van der Waals surface area contributed by atoms with Gasteiger partial charge < -0.3 is 14.9 Å². The van der Waals surface area contributed by atoms with E-state index in [1.54, 1.807) is 6.33 Å². The van der Waals surface area contributed by atoms with Crippen molar-refractivity contribution in [3.05, 3.63) is 12.4 Å². The summed E-state index contributed by atoms with van der Waals surface area (Å²) in [7, 11) is 2.10. The van der Waals surface area contributed by atoms with Crippen LogP contribution >= 0.6 is 0 Å². The molecule has 0 bridgehead atoms. The lowest BCUT2D eigenvalue weighted by Crippen LogP contribution is -2.33. The fourth-order valence-corrected chi connectivity index (χ4v) is 2.93. The van der Waals surface area contributed by atoms with Gasteiger partial charge in [0.2, 0.25) is 0 Å². The van der Waals surface area contributed by atoms with Crippen LogP contribution in [0.2, 0.25) is 0 Å². The van der Waals surface area contributed by atoms with E-state index in [0.29, 0.717) is 0 Å². The molecule has 0 amide bonds. The molecule has 2 aliphatic rings. The van der Waals surface area contributed by atoms with Crippen LogP contribution in [0.4, 0.5) is 11.6 Å². The number of rotatable bonds is 6. The molecule has 1 unspecified atom stereocenters. The molecule has 1 aliphatic heterocycles. The zero-order valence-corrected chi connectivity index (χ0v) is 12.2. The highest BCUT2D eigenvalue weighted by Crippen LogP contribution is 2.33. The van der Waals surface area contributed by atoms with Crippen LogP contribution < -0.4 is 9.80 Å². The van der Waals surface area contributed by atoms with E-state index in [9.17, 15) is 5.11 Å². The second-order valence-corrected chi connectivity index (χ2v) is 6.06. The van der Waals surface area contributed by atoms with Gasteiger partial charge in [0.25, 0.3) is 0 Å². The van der Waals surface area contributed by atoms with E-state index in [1.807, 2.05) is 0 Å². The Morgan fingerprint density at radius 1 is 1.35 bits per heavy atom. The van der Waals surface area contributed by atoms with E-state index < -0.39 is 0 Å². The maximum absolute atomic E-state index is 9.43. The minimum atomic E-state index is 0.205. The number of aliphatic hydroxyl groups excluding tert-OH is 1. The quantitative estimate of drug-likeness (QED) is 0.856. The first-order valence-electron chi connectivity index (χ1n) is 7.68. The Morgan fingerprint density at radius 3 is 2.95 bits per heavy atom. The molecule has 1 aromatic rings. The summed E-state index contributed by atoms with van der Waals surface area (Å²) in [6.07, 6.45) is 7.88. The Morgan fingerprint density at radius 2 is 2.20 bits per heavy atom. The van der Waals surface area contributed by atoms with Gasteiger partial charge in [-0.05, 0) is 25.2 Å². The lowest BCUT2D eigenvalue weighted by molar-refractivity contribution is 0.266. The van der Waals surface area contributed by atoms with Crippen molar-refractivity contribution in [3.63, 3.8) is 0 Å². The van der Waals surface area contributed by atoms with Gasteiger partial charge in [0.05, 0.1) is 12.6 Å². The number of aliphatic hydroxyl groups is 1. The average Bonchev–Trinajstić information content (AvgIpc) is 3.19. The standard InChI is InChI=1S/C15H24N4O/c1-18(8-6-12-4-5-12)14-9-15(17-11-16-14)19-7-2-3-13(19)10-20/h9,11-13,20H,2-8,10H2,1H3. The number of hydrogen-bond donors (Lipinski definition) is 1. The minimum absolute atomic E-state index is 0.205. The summed E-state index contributed by atoms with van der Waals surface area (Å²) in [6.45, 7) is 2.24. The molecule has 0 aromatic carbocycles. The number of anilines is 2. The van der Waals surface area contributed by atoms with Gasteiger partial charge in [-0.3, -0.25) is 0 Å². The largest absolute Gasteiger partial charge is 0.394 e. The monoisotopic (exact) mass is 276 g/mol. The van der Waals surface area contributed by atoms with E-state index in [-0.39, 0.29) is 12.6 Å². The third-order valence-corrected chi connectivity index (χ3v) is 4.48. The van der Waals surface area contributed by atoms with Crippen molar-refractivity contribution in [1.29, 1.82) is 0 Å². The molecule has 1 aliphatic carbocycles. The van der Waals surface area contributed by atoms with Crippen LogP contribution in [-0.4, -0.2) is 47.9 Å². The van der Waals surface area contributed by atoms with Crippen LogP contribution in [0.25, 0.3) is 0 Å². The first kappa shape index (κ1) is 13.6. The molecule has 1 saturated heterocycles. The summed E-state index contributed by atoms with van der Waals surface area (Å²) in [6, 6.07) is 2.27. The average molecular weight is 276 g/mol. The van der Waals surface area contributed by atoms with Gasteiger partial charge in [0, 0.05) is 26.2 Å².